The molecule has 110 valence electrons. The molecule has 0 radical (unpaired) electrons. The molecule has 1 fully saturated rings. The number of nitrogens with one attached hydrogen (secondary N) is 1. The number of esters is 1. The summed E-state index contributed by atoms with van der Waals surface area (Å²) in [6, 6.07) is 8.51. The van der Waals surface area contributed by atoms with Gasteiger partial charge in [0.05, 0.1) is 13.5 Å². The number of carbonyl (C=O) groups excluding carboxylic acids is 1. The van der Waals surface area contributed by atoms with Gasteiger partial charge in [-0.05, 0) is 36.4 Å². The van der Waals surface area contributed by atoms with E-state index in [1.807, 2.05) is 11.8 Å². The van der Waals surface area contributed by atoms with Crippen LogP contribution in [0.4, 0.5) is 0 Å². The van der Waals surface area contributed by atoms with E-state index in [0.29, 0.717) is 6.42 Å². The summed E-state index contributed by atoms with van der Waals surface area (Å²) < 4.78 is 4.80. The fourth-order valence-electron chi connectivity index (χ4n) is 2.21. The first kappa shape index (κ1) is 15.4. The Morgan fingerprint density at radius 1 is 1.40 bits per heavy atom. The van der Waals surface area contributed by atoms with E-state index in [2.05, 4.69) is 36.5 Å². The third-order valence-electron chi connectivity index (χ3n) is 3.78. The number of ether oxygens (including phenoxy) is 1. The van der Waals surface area contributed by atoms with Crippen LogP contribution in [0.25, 0.3) is 0 Å². The number of methoxy groups -OCH3 is 1. The molecule has 1 saturated carbocycles. The first-order chi connectivity index (χ1) is 9.69. The van der Waals surface area contributed by atoms with E-state index >= 15 is 0 Å². The molecule has 0 unspecified atom stereocenters. The smallest absolute Gasteiger partial charge is 0.306 e. The average Bonchev–Trinajstić information content (AvgIpc) is 3.23. The van der Waals surface area contributed by atoms with E-state index in [0.717, 1.165) is 31.7 Å². The van der Waals surface area contributed by atoms with Crippen LogP contribution in [0.15, 0.2) is 29.2 Å². The van der Waals surface area contributed by atoms with Crippen LogP contribution >= 0.6 is 11.8 Å². The molecular weight excluding hydrogens is 270 g/mol. The normalized spacial score (nSPS) is 15.9. The van der Waals surface area contributed by atoms with Crippen molar-refractivity contribution in [1.29, 1.82) is 0 Å². The minimum absolute atomic E-state index is 0.0796. The summed E-state index contributed by atoms with van der Waals surface area (Å²) in [5.74, 6) is 0.926. The van der Waals surface area contributed by atoms with Crippen molar-refractivity contribution >= 4 is 17.7 Å². The first-order valence-corrected chi connectivity index (χ1v) is 8.16. The fraction of sp³-hybridized carbons (Fsp3) is 0.562. The predicted octanol–water partition coefficient (Wildman–Crippen LogP) is 3.23. The van der Waals surface area contributed by atoms with Crippen molar-refractivity contribution in [1.82, 2.24) is 5.32 Å². The van der Waals surface area contributed by atoms with Crippen LogP contribution in [0.3, 0.4) is 0 Å². The van der Waals surface area contributed by atoms with Gasteiger partial charge in [-0.25, -0.2) is 0 Å². The van der Waals surface area contributed by atoms with Crippen molar-refractivity contribution in [3.05, 3.63) is 29.8 Å². The summed E-state index contributed by atoms with van der Waals surface area (Å²) >= 11 is 1.87. The van der Waals surface area contributed by atoms with Crippen LogP contribution in [0.2, 0.25) is 0 Å². The van der Waals surface area contributed by atoms with Crippen LogP contribution in [0.1, 0.15) is 31.7 Å². The molecular formula is C16H23NO2S. The number of benzene rings is 1. The number of carbonyl (C=O) groups is 1. The lowest BCUT2D eigenvalue weighted by Gasteiger charge is -2.15. The van der Waals surface area contributed by atoms with Crippen LogP contribution < -0.4 is 5.32 Å². The van der Waals surface area contributed by atoms with E-state index < -0.39 is 0 Å². The Bertz CT molecular complexity index is 458. The largest absolute Gasteiger partial charge is 0.469 e. The van der Waals surface area contributed by atoms with Crippen molar-refractivity contribution < 1.29 is 9.53 Å². The maximum Gasteiger partial charge on any atom is 0.306 e. The van der Waals surface area contributed by atoms with E-state index in [4.69, 9.17) is 4.74 Å². The van der Waals surface area contributed by atoms with Crippen LogP contribution in [0, 0.1) is 5.41 Å². The zero-order chi connectivity index (χ0) is 14.4. The Kier molecular flexibility index (Phi) is 5.49. The number of rotatable bonds is 8. The van der Waals surface area contributed by atoms with Gasteiger partial charge in [-0.1, -0.05) is 25.1 Å². The molecule has 0 aromatic heterocycles. The Morgan fingerprint density at radius 3 is 2.80 bits per heavy atom. The molecule has 1 aromatic carbocycles. The summed E-state index contributed by atoms with van der Waals surface area (Å²) in [4.78, 5) is 12.8. The molecule has 0 bridgehead atoms. The lowest BCUT2D eigenvalue weighted by Crippen LogP contribution is -2.14. The minimum Gasteiger partial charge on any atom is -0.469 e. The highest BCUT2D eigenvalue weighted by molar-refractivity contribution is 7.99. The summed E-state index contributed by atoms with van der Waals surface area (Å²) in [5.41, 5.74) is 1.52. The monoisotopic (exact) mass is 293 g/mol. The van der Waals surface area contributed by atoms with Crippen LogP contribution in [-0.2, 0) is 16.1 Å². The molecule has 0 heterocycles. The summed E-state index contributed by atoms with van der Waals surface area (Å²) in [7, 11) is 1.47. The van der Waals surface area contributed by atoms with Gasteiger partial charge >= 0.3 is 5.97 Å². The van der Waals surface area contributed by atoms with Gasteiger partial charge in [0, 0.05) is 17.2 Å². The lowest BCUT2D eigenvalue weighted by atomic mass is 10.1. The maximum atomic E-state index is 11.4. The van der Waals surface area contributed by atoms with Crippen molar-refractivity contribution in [2.24, 2.45) is 5.41 Å². The van der Waals surface area contributed by atoms with Gasteiger partial charge in [0.15, 0.2) is 0 Å². The molecule has 0 saturated heterocycles. The van der Waals surface area contributed by atoms with Gasteiger partial charge < -0.3 is 10.1 Å². The van der Waals surface area contributed by atoms with Gasteiger partial charge in [0.25, 0.3) is 0 Å². The topological polar surface area (TPSA) is 38.3 Å². The van der Waals surface area contributed by atoms with E-state index in [-0.39, 0.29) is 11.4 Å². The van der Waals surface area contributed by atoms with Crippen molar-refractivity contribution in [2.75, 3.05) is 19.4 Å². The van der Waals surface area contributed by atoms with Crippen LogP contribution in [-0.4, -0.2) is 25.4 Å². The molecule has 2 rings (SSSR count). The Balaban J connectivity index is 1.92. The summed E-state index contributed by atoms with van der Waals surface area (Å²) in [6.07, 6.45) is 2.85. The summed E-state index contributed by atoms with van der Waals surface area (Å²) in [6.45, 7) is 4.00. The highest BCUT2D eigenvalue weighted by atomic mass is 32.2. The van der Waals surface area contributed by atoms with E-state index in [1.165, 1.54) is 17.6 Å². The van der Waals surface area contributed by atoms with Crippen LogP contribution in [0.5, 0.6) is 0 Å². The Morgan fingerprint density at radius 2 is 2.15 bits per heavy atom. The summed E-state index contributed by atoms with van der Waals surface area (Å²) in [5, 5.41) is 3.37. The van der Waals surface area contributed by atoms with Gasteiger partial charge in [0.2, 0.25) is 0 Å². The lowest BCUT2D eigenvalue weighted by molar-refractivity contribution is -0.141. The van der Waals surface area contributed by atoms with Gasteiger partial charge in [-0.15, -0.1) is 11.8 Å². The third kappa shape index (κ3) is 4.25. The second-order valence-corrected chi connectivity index (χ2v) is 6.45. The molecule has 1 aromatic rings. The van der Waals surface area contributed by atoms with Gasteiger partial charge in [0.1, 0.15) is 0 Å². The zero-order valence-corrected chi connectivity index (χ0v) is 13.1. The molecule has 0 spiro atoms. The molecule has 1 N–H and O–H groups in total. The zero-order valence-electron chi connectivity index (χ0n) is 12.3. The second-order valence-electron chi connectivity index (χ2n) is 5.43. The average molecular weight is 293 g/mol. The van der Waals surface area contributed by atoms with Gasteiger partial charge in [-0.2, -0.15) is 0 Å². The van der Waals surface area contributed by atoms with Crippen molar-refractivity contribution in [3.8, 4) is 0 Å². The predicted molar refractivity (Wildman–Crippen MR) is 82.8 cm³/mol. The highest BCUT2D eigenvalue weighted by Gasteiger charge is 2.44. The second kappa shape index (κ2) is 7.14. The molecule has 0 amide bonds. The standard InChI is InChI=1S/C16H23NO2S/c1-3-17-11-13-6-4-5-7-14(13)20-12-16(8-9-16)10-15(18)19-2/h4-7,17H,3,8-12H2,1-2H3. The molecule has 4 heteroatoms. The molecule has 1 aliphatic carbocycles. The van der Waals surface area contributed by atoms with Crippen molar-refractivity contribution in [2.45, 2.75) is 37.6 Å². The van der Waals surface area contributed by atoms with E-state index in [1.54, 1.807) is 0 Å². The van der Waals surface area contributed by atoms with E-state index in [9.17, 15) is 4.79 Å². The quantitative estimate of drug-likeness (QED) is 0.590. The SMILES string of the molecule is CCNCc1ccccc1SCC1(CC(=O)OC)CC1. The molecule has 3 nitrogen and oxygen atoms in total. The Hall–Kier alpha value is -1.00. The van der Waals surface area contributed by atoms with Crippen molar-refractivity contribution in [3.63, 3.8) is 0 Å². The first-order valence-electron chi connectivity index (χ1n) is 7.17. The number of hydrogen-bond donors (Lipinski definition) is 1. The Labute approximate surface area is 125 Å². The molecule has 1 aliphatic rings. The number of hydrogen-bond acceptors (Lipinski definition) is 4. The highest BCUT2D eigenvalue weighted by Crippen LogP contribution is 2.52. The maximum absolute atomic E-state index is 11.4. The molecule has 0 atom stereocenters. The molecule has 0 aliphatic heterocycles. The minimum atomic E-state index is -0.0796. The number of thioether (sulfide) groups is 1. The third-order valence-corrected chi connectivity index (χ3v) is 5.24. The fourth-order valence-corrected chi connectivity index (χ4v) is 3.56. The molecule has 20 heavy (non-hydrogen) atoms. The van der Waals surface area contributed by atoms with Gasteiger partial charge in [-0.3, -0.25) is 4.79 Å².